The zero-order valence-corrected chi connectivity index (χ0v) is 9.44. The van der Waals surface area contributed by atoms with Gasteiger partial charge in [-0.25, -0.2) is 0 Å². The van der Waals surface area contributed by atoms with Gasteiger partial charge in [-0.3, -0.25) is 9.59 Å². The number of carbonyl (C=O) groups excluding carboxylic acids is 1. The van der Waals surface area contributed by atoms with E-state index >= 15 is 0 Å². The van der Waals surface area contributed by atoms with Crippen LogP contribution in [0.25, 0.3) is 0 Å². The van der Waals surface area contributed by atoms with Crippen molar-refractivity contribution < 1.29 is 14.7 Å². The lowest BCUT2D eigenvalue weighted by Crippen LogP contribution is -2.39. The highest BCUT2D eigenvalue weighted by molar-refractivity contribution is 7.99. The van der Waals surface area contributed by atoms with Crippen LogP contribution in [0.4, 0.5) is 0 Å². The molecule has 0 amide bonds. The molecule has 0 bridgehead atoms. The Morgan fingerprint density at radius 2 is 1.94 bits per heavy atom. The van der Waals surface area contributed by atoms with Crippen molar-refractivity contribution >= 4 is 23.5 Å². The standard InChI is InChI=1S/C11H13NO3S/c12-10(11(14)15)9(13)7-16-6-8-4-2-1-3-5-8/h1-5,10H,6-7,12H2,(H,14,15). The number of carboxylic acids is 1. The highest BCUT2D eigenvalue weighted by Gasteiger charge is 2.20. The molecule has 4 nitrogen and oxygen atoms in total. The number of carboxylic acid groups (broad SMARTS) is 1. The van der Waals surface area contributed by atoms with Crippen LogP contribution in [0.1, 0.15) is 5.56 Å². The van der Waals surface area contributed by atoms with Crippen LogP contribution >= 0.6 is 11.8 Å². The summed E-state index contributed by atoms with van der Waals surface area (Å²) in [4.78, 5) is 21.7. The Kier molecular flexibility index (Phi) is 5.01. The average Bonchev–Trinajstić information content (AvgIpc) is 2.29. The van der Waals surface area contributed by atoms with Gasteiger partial charge in [0.25, 0.3) is 0 Å². The molecule has 16 heavy (non-hydrogen) atoms. The molecule has 0 aliphatic heterocycles. The van der Waals surface area contributed by atoms with Crippen molar-refractivity contribution in [3.63, 3.8) is 0 Å². The largest absolute Gasteiger partial charge is 0.480 e. The molecule has 0 aromatic heterocycles. The highest BCUT2D eigenvalue weighted by atomic mass is 32.2. The minimum atomic E-state index is -1.40. The summed E-state index contributed by atoms with van der Waals surface area (Å²) in [5.74, 6) is -0.917. The minimum Gasteiger partial charge on any atom is -0.480 e. The van der Waals surface area contributed by atoms with Crippen LogP contribution in [0.3, 0.4) is 0 Å². The number of aliphatic carboxylic acids is 1. The van der Waals surface area contributed by atoms with Crippen molar-refractivity contribution in [2.75, 3.05) is 5.75 Å². The summed E-state index contributed by atoms with van der Waals surface area (Å²) >= 11 is 1.37. The lowest BCUT2D eigenvalue weighted by Gasteiger charge is -2.05. The molecule has 0 radical (unpaired) electrons. The maximum atomic E-state index is 11.2. The molecule has 1 aromatic carbocycles. The fraction of sp³-hybridized carbons (Fsp3) is 0.273. The molecule has 86 valence electrons. The van der Waals surface area contributed by atoms with Gasteiger partial charge in [-0.05, 0) is 5.56 Å². The molecule has 5 heteroatoms. The van der Waals surface area contributed by atoms with Crippen molar-refractivity contribution in [2.45, 2.75) is 11.8 Å². The van der Waals surface area contributed by atoms with Gasteiger partial charge in [0.05, 0.1) is 5.75 Å². The Balaban J connectivity index is 2.31. The van der Waals surface area contributed by atoms with Gasteiger partial charge >= 0.3 is 5.97 Å². The molecule has 3 N–H and O–H groups in total. The Morgan fingerprint density at radius 1 is 1.31 bits per heavy atom. The number of benzene rings is 1. The Labute approximate surface area is 97.8 Å². The number of ketones is 1. The van der Waals surface area contributed by atoms with Gasteiger partial charge in [-0.2, -0.15) is 0 Å². The van der Waals surface area contributed by atoms with Crippen LogP contribution in [-0.2, 0) is 15.3 Å². The van der Waals surface area contributed by atoms with E-state index < -0.39 is 17.8 Å². The van der Waals surface area contributed by atoms with Crippen LogP contribution in [0.5, 0.6) is 0 Å². The third-order valence-corrected chi connectivity index (χ3v) is 2.99. The second kappa shape index (κ2) is 6.30. The number of hydrogen-bond acceptors (Lipinski definition) is 4. The second-order valence-electron chi connectivity index (χ2n) is 3.26. The molecule has 0 saturated heterocycles. The van der Waals surface area contributed by atoms with Gasteiger partial charge in [0.1, 0.15) is 0 Å². The number of thioether (sulfide) groups is 1. The van der Waals surface area contributed by atoms with E-state index in [1.54, 1.807) is 0 Å². The molecule has 0 aliphatic rings. The van der Waals surface area contributed by atoms with E-state index in [1.807, 2.05) is 30.3 Å². The third kappa shape index (κ3) is 4.04. The molecule has 0 fully saturated rings. The van der Waals surface area contributed by atoms with Crippen LogP contribution in [0, 0.1) is 0 Å². The molecule has 1 rings (SSSR count). The third-order valence-electron chi connectivity index (χ3n) is 1.97. The van der Waals surface area contributed by atoms with Gasteiger partial charge < -0.3 is 10.8 Å². The first-order chi connectivity index (χ1) is 7.61. The number of carbonyl (C=O) groups is 2. The van der Waals surface area contributed by atoms with E-state index in [4.69, 9.17) is 10.8 Å². The second-order valence-corrected chi connectivity index (χ2v) is 4.25. The predicted octanol–water partition coefficient (Wildman–Crippen LogP) is 0.901. The predicted molar refractivity (Wildman–Crippen MR) is 63.2 cm³/mol. The quantitative estimate of drug-likeness (QED) is 0.721. The Morgan fingerprint density at radius 3 is 2.50 bits per heavy atom. The molecule has 0 saturated carbocycles. The number of Topliss-reactive ketones (excluding diaryl/α,β-unsaturated/α-hetero) is 1. The van der Waals surface area contributed by atoms with Crippen molar-refractivity contribution in [3.05, 3.63) is 35.9 Å². The smallest absolute Gasteiger partial charge is 0.328 e. The minimum absolute atomic E-state index is 0.127. The van der Waals surface area contributed by atoms with Gasteiger partial charge in [-0.1, -0.05) is 30.3 Å². The maximum absolute atomic E-state index is 11.2. The Hall–Kier alpha value is -1.33. The summed E-state index contributed by atoms with van der Waals surface area (Å²) in [5.41, 5.74) is 6.28. The van der Waals surface area contributed by atoms with Gasteiger partial charge in [-0.15, -0.1) is 11.8 Å². The summed E-state index contributed by atoms with van der Waals surface area (Å²) in [7, 11) is 0. The highest BCUT2D eigenvalue weighted by Crippen LogP contribution is 2.11. The summed E-state index contributed by atoms with van der Waals surface area (Å²) in [6.07, 6.45) is 0. The topological polar surface area (TPSA) is 80.4 Å². The lowest BCUT2D eigenvalue weighted by atomic mass is 10.2. The van der Waals surface area contributed by atoms with Gasteiger partial charge in [0, 0.05) is 5.75 Å². The summed E-state index contributed by atoms with van der Waals surface area (Å²) in [6, 6.07) is 8.26. The number of rotatable bonds is 6. The molecule has 1 atom stereocenters. The first-order valence-corrected chi connectivity index (χ1v) is 5.89. The fourth-order valence-electron chi connectivity index (χ4n) is 1.07. The van der Waals surface area contributed by atoms with Crippen molar-refractivity contribution in [2.24, 2.45) is 5.73 Å². The average molecular weight is 239 g/mol. The van der Waals surface area contributed by atoms with Gasteiger partial charge in [0.15, 0.2) is 11.8 Å². The molecule has 0 aliphatic carbocycles. The monoisotopic (exact) mass is 239 g/mol. The lowest BCUT2D eigenvalue weighted by molar-refractivity contribution is -0.141. The summed E-state index contributed by atoms with van der Waals surface area (Å²) < 4.78 is 0. The zero-order chi connectivity index (χ0) is 12.0. The van der Waals surface area contributed by atoms with Gasteiger partial charge in [0.2, 0.25) is 0 Å². The zero-order valence-electron chi connectivity index (χ0n) is 8.63. The van der Waals surface area contributed by atoms with E-state index in [0.717, 1.165) is 5.56 Å². The first kappa shape index (κ1) is 12.7. The molecule has 1 unspecified atom stereocenters. The maximum Gasteiger partial charge on any atom is 0.328 e. The normalized spacial score (nSPS) is 12.1. The van der Waals surface area contributed by atoms with Crippen molar-refractivity contribution in [3.8, 4) is 0 Å². The molecular formula is C11H13NO3S. The summed E-state index contributed by atoms with van der Waals surface area (Å²) in [5, 5.41) is 8.51. The number of nitrogens with two attached hydrogens (primary N) is 1. The van der Waals surface area contributed by atoms with E-state index in [1.165, 1.54) is 11.8 Å². The molecule has 0 spiro atoms. The van der Waals surface area contributed by atoms with Crippen molar-refractivity contribution in [1.82, 2.24) is 0 Å². The first-order valence-electron chi connectivity index (χ1n) is 4.74. The van der Waals surface area contributed by atoms with Crippen LogP contribution in [-0.4, -0.2) is 28.7 Å². The van der Waals surface area contributed by atoms with E-state index in [9.17, 15) is 9.59 Å². The molecule has 1 aromatic rings. The summed E-state index contributed by atoms with van der Waals surface area (Å²) in [6.45, 7) is 0. The molecular weight excluding hydrogens is 226 g/mol. The van der Waals surface area contributed by atoms with Crippen LogP contribution in [0.2, 0.25) is 0 Å². The Bertz CT molecular complexity index is 367. The molecule has 0 heterocycles. The number of hydrogen-bond donors (Lipinski definition) is 2. The van der Waals surface area contributed by atoms with Crippen LogP contribution < -0.4 is 5.73 Å². The van der Waals surface area contributed by atoms with Crippen molar-refractivity contribution in [1.29, 1.82) is 0 Å². The van der Waals surface area contributed by atoms with E-state index in [2.05, 4.69) is 0 Å². The van der Waals surface area contributed by atoms with E-state index in [-0.39, 0.29) is 5.75 Å². The fourth-order valence-corrected chi connectivity index (χ4v) is 1.98. The van der Waals surface area contributed by atoms with Crippen LogP contribution in [0.15, 0.2) is 30.3 Å². The SMILES string of the molecule is NC(C(=O)O)C(=O)CSCc1ccccc1. The van der Waals surface area contributed by atoms with E-state index in [0.29, 0.717) is 5.75 Å².